The van der Waals surface area contributed by atoms with Crippen molar-refractivity contribution >= 4 is 11.9 Å². The second kappa shape index (κ2) is 6.47. The standard InChI is InChI=1S/C12H18N4O4/c1-2-16(10-6-20-5-9(10)12(18)19)11(17)3-4-15-8-13-7-14-15/h7-10H,2-6H2,1H3,(H,18,19). The van der Waals surface area contributed by atoms with Crippen molar-refractivity contribution in [2.45, 2.75) is 25.9 Å². The summed E-state index contributed by atoms with van der Waals surface area (Å²) in [5.41, 5.74) is 0. The number of ether oxygens (including phenoxy) is 1. The van der Waals surface area contributed by atoms with Crippen molar-refractivity contribution in [2.24, 2.45) is 5.92 Å². The maximum absolute atomic E-state index is 12.2. The minimum Gasteiger partial charge on any atom is -0.481 e. The Kier molecular flexibility index (Phi) is 4.67. The summed E-state index contributed by atoms with van der Waals surface area (Å²) in [6, 6.07) is -0.388. The fourth-order valence-electron chi connectivity index (χ4n) is 2.38. The van der Waals surface area contributed by atoms with E-state index in [1.807, 2.05) is 6.92 Å². The van der Waals surface area contributed by atoms with Crippen molar-refractivity contribution in [3.63, 3.8) is 0 Å². The Morgan fingerprint density at radius 2 is 2.30 bits per heavy atom. The molecule has 8 nitrogen and oxygen atoms in total. The van der Waals surface area contributed by atoms with Crippen molar-refractivity contribution in [3.8, 4) is 0 Å². The molecule has 1 N–H and O–H groups in total. The summed E-state index contributed by atoms with van der Waals surface area (Å²) in [6.45, 7) is 3.17. The first-order chi connectivity index (χ1) is 9.63. The van der Waals surface area contributed by atoms with E-state index in [1.165, 1.54) is 6.33 Å². The molecule has 8 heteroatoms. The molecule has 0 spiro atoms. The van der Waals surface area contributed by atoms with Crippen LogP contribution >= 0.6 is 0 Å². The number of aromatic nitrogens is 3. The first-order valence-corrected chi connectivity index (χ1v) is 6.56. The van der Waals surface area contributed by atoms with Crippen molar-refractivity contribution in [1.82, 2.24) is 19.7 Å². The molecule has 2 rings (SSSR count). The van der Waals surface area contributed by atoms with Crippen LogP contribution in [0.2, 0.25) is 0 Å². The lowest BCUT2D eigenvalue weighted by molar-refractivity contribution is -0.145. The van der Waals surface area contributed by atoms with Gasteiger partial charge >= 0.3 is 5.97 Å². The number of aryl methyl sites for hydroxylation is 1. The Bertz CT molecular complexity index is 462. The van der Waals surface area contributed by atoms with Crippen molar-refractivity contribution in [3.05, 3.63) is 12.7 Å². The third kappa shape index (κ3) is 3.13. The van der Waals surface area contributed by atoms with Gasteiger partial charge in [0.15, 0.2) is 0 Å². The summed E-state index contributed by atoms with van der Waals surface area (Å²) < 4.78 is 6.79. The molecule has 110 valence electrons. The molecule has 1 fully saturated rings. The predicted octanol–water partition coefficient (Wildman–Crippen LogP) is -0.384. The molecule has 0 bridgehead atoms. The zero-order valence-electron chi connectivity index (χ0n) is 11.3. The van der Waals surface area contributed by atoms with Gasteiger partial charge in [0.25, 0.3) is 0 Å². The lowest BCUT2D eigenvalue weighted by Gasteiger charge is -2.29. The molecule has 1 aromatic rings. The molecule has 0 saturated carbocycles. The zero-order chi connectivity index (χ0) is 14.5. The molecule has 0 aliphatic carbocycles. The van der Waals surface area contributed by atoms with E-state index in [-0.39, 0.29) is 31.6 Å². The fraction of sp³-hybridized carbons (Fsp3) is 0.667. The molecule has 2 heterocycles. The fourth-order valence-corrected chi connectivity index (χ4v) is 2.38. The molecule has 20 heavy (non-hydrogen) atoms. The SMILES string of the molecule is CCN(C(=O)CCn1cncn1)C1COCC1C(=O)O. The van der Waals surface area contributed by atoms with Crippen LogP contribution in [0, 0.1) is 5.92 Å². The highest BCUT2D eigenvalue weighted by Crippen LogP contribution is 2.20. The normalized spacial score (nSPS) is 21.9. The van der Waals surface area contributed by atoms with Gasteiger partial charge in [0, 0.05) is 13.0 Å². The number of carboxylic acids is 1. The van der Waals surface area contributed by atoms with Crippen molar-refractivity contribution < 1.29 is 19.4 Å². The topological polar surface area (TPSA) is 97.5 Å². The molecule has 1 aromatic heterocycles. The van der Waals surface area contributed by atoms with E-state index < -0.39 is 11.9 Å². The van der Waals surface area contributed by atoms with Crippen molar-refractivity contribution in [2.75, 3.05) is 19.8 Å². The highest BCUT2D eigenvalue weighted by Gasteiger charge is 2.39. The highest BCUT2D eigenvalue weighted by molar-refractivity contribution is 5.78. The summed E-state index contributed by atoms with van der Waals surface area (Å²) in [5, 5.41) is 13.1. The van der Waals surface area contributed by atoms with Crippen LogP contribution in [0.25, 0.3) is 0 Å². The molecular formula is C12H18N4O4. The number of rotatable bonds is 6. The quantitative estimate of drug-likeness (QED) is 0.763. The molecule has 2 atom stereocenters. The Balaban J connectivity index is 1.96. The molecule has 1 aliphatic rings. The van der Waals surface area contributed by atoms with Gasteiger partial charge in [-0.15, -0.1) is 0 Å². The molecule has 1 aliphatic heterocycles. The highest BCUT2D eigenvalue weighted by atomic mass is 16.5. The van der Waals surface area contributed by atoms with Crippen LogP contribution in [0.5, 0.6) is 0 Å². The van der Waals surface area contributed by atoms with Gasteiger partial charge in [-0.05, 0) is 6.92 Å². The minimum absolute atomic E-state index is 0.0928. The van der Waals surface area contributed by atoms with E-state index in [1.54, 1.807) is 15.9 Å². The maximum Gasteiger partial charge on any atom is 0.311 e. The van der Waals surface area contributed by atoms with E-state index in [2.05, 4.69) is 10.1 Å². The zero-order valence-corrected chi connectivity index (χ0v) is 11.3. The van der Waals surface area contributed by atoms with E-state index in [4.69, 9.17) is 9.84 Å². The van der Waals surface area contributed by atoms with E-state index in [0.29, 0.717) is 13.1 Å². The molecule has 0 radical (unpaired) electrons. The number of hydrogen-bond acceptors (Lipinski definition) is 5. The number of nitrogens with zero attached hydrogens (tertiary/aromatic N) is 4. The summed E-state index contributed by atoms with van der Waals surface area (Å²) in [4.78, 5) is 28.8. The summed E-state index contributed by atoms with van der Waals surface area (Å²) in [6.07, 6.45) is 3.22. The van der Waals surface area contributed by atoms with Gasteiger partial charge in [-0.25, -0.2) is 4.98 Å². The first-order valence-electron chi connectivity index (χ1n) is 6.56. The monoisotopic (exact) mass is 282 g/mol. The number of amides is 1. The summed E-state index contributed by atoms with van der Waals surface area (Å²) in [5.74, 6) is -1.66. The van der Waals surface area contributed by atoms with Crippen molar-refractivity contribution in [1.29, 1.82) is 0 Å². The van der Waals surface area contributed by atoms with Gasteiger partial charge in [0.1, 0.15) is 18.6 Å². The molecular weight excluding hydrogens is 264 g/mol. The molecule has 1 amide bonds. The first kappa shape index (κ1) is 14.4. The van der Waals surface area contributed by atoms with Crippen LogP contribution in [0.4, 0.5) is 0 Å². The van der Waals surface area contributed by atoms with Gasteiger partial charge in [0.05, 0.1) is 25.8 Å². The summed E-state index contributed by atoms with van der Waals surface area (Å²) >= 11 is 0. The number of carbonyl (C=O) groups is 2. The molecule has 1 saturated heterocycles. The van der Waals surface area contributed by atoms with Crippen LogP contribution in [0.1, 0.15) is 13.3 Å². The lowest BCUT2D eigenvalue weighted by atomic mass is 10.0. The van der Waals surface area contributed by atoms with Crippen LogP contribution < -0.4 is 0 Å². The summed E-state index contributed by atoms with van der Waals surface area (Å²) in [7, 11) is 0. The number of likely N-dealkylation sites (N-methyl/N-ethyl adjacent to an activating group) is 1. The van der Waals surface area contributed by atoms with E-state index >= 15 is 0 Å². The van der Waals surface area contributed by atoms with Gasteiger partial charge in [0.2, 0.25) is 5.91 Å². The third-order valence-corrected chi connectivity index (χ3v) is 3.45. The second-order valence-corrected chi connectivity index (χ2v) is 4.64. The van der Waals surface area contributed by atoms with Gasteiger partial charge in [-0.1, -0.05) is 0 Å². The largest absolute Gasteiger partial charge is 0.481 e. The van der Waals surface area contributed by atoms with Gasteiger partial charge < -0.3 is 14.7 Å². The lowest BCUT2D eigenvalue weighted by Crippen LogP contribution is -2.46. The Morgan fingerprint density at radius 1 is 1.50 bits per heavy atom. The second-order valence-electron chi connectivity index (χ2n) is 4.64. The Morgan fingerprint density at radius 3 is 2.90 bits per heavy atom. The molecule has 0 aromatic carbocycles. The van der Waals surface area contributed by atoms with E-state index in [9.17, 15) is 9.59 Å². The number of hydrogen-bond donors (Lipinski definition) is 1. The average Bonchev–Trinajstić information content (AvgIpc) is 3.08. The third-order valence-electron chi connectivity index (χ3n) is 3.45. The van der Waals surface area contributed by atoms with Gasteiger partial charge in [-0.3, -0.25) is 14.3 Å². The van der Waals surface area contributed by atoms with Crippen LogP contribution in [0.15, 0.2) is 12.7 Å². The number of carboxylic acid groups (broad SMARTS) is 1. The minimum atomic E-state index is -0.921. The smallest absolute Gasteiger partial charge is 0.311 e. The van der Waals surface area contributed by atoms with Gasteiger partial charge in [-0.2, -0.15) is 5.10 Å². The predicted molar refractivity (Wildman–Crippen MR) is 67.8 cm³/mol. The molecule has 2 unspecified atom stereocenters. The Hall–Kier alpha value is -1.96. The Labute approximate surface area is 116 Å². The van der Waals surface area contributed by atoms with Crippen LogP contribution in [-0.4, -0.2) is 62.4 Å². The van der Waals surface area contributed by atoms with Crippen LogP contribution in [0.3, 0.4) is 0 Å². The maximum atomic E-state index is 12.2. The van der Waals surface area contributed by atoms with Crippen LogP contribution in [-0.2, 0) is 20.9 Å². The number of aliphatic carboxylic acids is 1. The van der Waals surface area contributed by atoms with E-state index in [0.717, 1.165) is 0 Å². The number of carbonyl (C=O) groups excluding carboxylic acids is 1. The average molecular weight is 282 g/mol.